The first kappa shape index (κ1) is 19.0. The molecule has 1 fully saturated rings. The second kappa shape index (κ2) is 7.11. The van der Waals surface area contributed by atoms with Crippen molar-refractivity contribution in [2.45, 2.75) is 25.4 Å². The summed E-state index contributed by atoms with van der Waals surface area (Å²) < 4.78 is 30.3. The highest BCUT2D eigenvalue weighted by Gasteiger charge is 2.41. The fourth-order valence-electron chi connectivity index (χ4n) is 3.02. The topological polar surface area (TPSA) is 120 Å². The lowest BCUT2D eigenvalue weighted by molar-refractivity contribution is -0.120. The Labute approximate surface area is 157 Å². The van der Waals surface area contributed by atoms with Gasteiger partial charge in [0.2, 0.25) is 5.91 Å². The molecule has 2 aromatic rings. The predicted octanol–water partition coefficient (Wildman–Crippen LogP) is 0.818. The van der Waals surface area contributed by atoms with Gasteiger partial charge in [0.15, 0.2) is 0 Å². The Hall–Kier alpha value is -2.74. The number of aryl methyl sites for hydroxylation is 1. The normalized spacial score (nSPS) is 22.1. The average Bonchev–Trinajstić information content (AvgIpc) is 2.97. The molecule has 0 radical (unpaired) electrons. The highest BCUT2D eigenvalue weighted by molar-refractivity contribution is 7.87. The third kappa shape index (κ3) is 3.71. The minimum Gasteiger partial charge on any atom is -0.325 e. The van der Waals surface area contributed by atoms with Crippen LogP contribution in [-0.4, -0.2) is 41.5 Å². The van der Waals surface area contributed by atoms with Crippen LogP contribution in [0.3, 0.4) is 0 Å². The number of carbonyl (C=O) groups is 1. The van der Waals surface area contributed by atoms with E-state index in [2.05, 4.69) is 15.1 Å². The van der Waals surface area contributed by atoms with E-state index >= 15 is 0 Å². The van der Waals surface area contributed by atoms with Gasteiger partial charge in [0.25, 0.3) is 10.2 Å². The minimum atomic E-state index is -3.82. The highest BCUT2D eigenvalue weighted by atomic mass is 32.2. The summed E-state index contributed by atoms with van der Waals surface area (Å²) in [6.45, 7) is 1.85. The van der Waals surface area contributed by atoms with Crippen molar-refractivity contribution in [3.8, 4) is 6.07 Å². The van der Waals surface area contributed by atoms with Crippen molar-refractivity contribution in [3.63, 3.8) is 0 Å². The first-order valence-corrected chi connectivity index (χ1v) is 9.71. The number of anilines is 1. The van der Waals surface area contributed by atoms with Gasteiger partial charge in [-0.15, -0.1) is 0 Å². The predicted molar refractivity (Wildman–Crippen MR) is 98.7 cm³/mol. The molecule has 1 aliphatic heterocycles. The number of likely N-dealkylation sites (N-methyl/N-ethyl adjacent to an activating group) is 1. The second-order valence-corrected chi connectivity index (χ2v) is 8.19. The third-order valence-electron chi connectivity index (χ3n) is 4.80. The van der Waals surface area contributed by atoms with Gasteiger partial charge in [-0.1, -0.05) is 0 Å². The van der Waals surface area contributed by atoms with Crippen molar-refractivity contribution in [2.24, 2.45) is 7.05 Å². The van der Waals surface area contributed by atoms with Crippen molar-refractivity contribution in [3.05, 3.63) is 47.3 Å². The number of carbonyl (C=O) groups excluding carboxylic acids is 1. The molecule has 2 N–H and O–H groups in total. The Morgan fingerprint density at radius 2 is 2.00 bits per heavy atom. The monoisotopic (exact) mass is 388 g/mol. The van der Waals surface area contributed by atoms with Crippen molar-refractivity contribution >= 4 is 21.8 Å². The second-order valence-electron chi connectivity index (χ2n) is 6.43. The smallest absolute Gasteiger partial charge is 0.280 e. The summed E-state index contributed by atoms with van der Waals surface area (Å²) >= 11 is 0. The molecular weight excluding hydrogens is 368 g/mol. The average molecular weight is 388 g/mol. The Morgan fingerprint density at radius 1 is 1.33 bits per heavy atom. The van der Waals surface area contributed by atoms with Gasteiger partial charge in [0.05, 0.1) is 23.9 Å². The van der Waals surface area contributed by atoms with E-state index in [9.17, 15) is 13.2 Å². The molecule has 0 aliphatic carbocycles. The molecule has 1 amide bonds. The molecule has 0 saturated carbocycles. The van der Waals surface area contributed by atoms with Crippen LogP contribution in [0.15, 0.2) is 30.5 Å². The van der Waals surface area contributed by atoms with E-state index in [0.717, 1.165) is 15.6 Å². The number of benzene rings is 1. The zero-order chi connectivity index (χ0) is 19.8. The van der Waals surface area contributed by atoms with Crippen molar-refractivity contribution in [2.75, 3.05) is 12.4 Å². The summed E-state index contributed by atoms with van der Waals surface area (Å²) in [5.41, 5.74) is 2.54. The molecular formula is C17H20N6O3S. The molecule has 1 aromatic heterocycles. The van der Waals surface area contributed by atoms with Crippen molar-refractivity contribution in [1.29, 1.82) is 5.26 Å². The first-order chi connectivity index (χ1) is 12.7. The molecule has 9 nitrogen and oxygen atoms in total. The molecule has 10 heteroatoms. The number of amides is 1. The zero-order valence-electron chi connectivity index (χ0n) is 15.2. The minimum absolute atomic E-state index is 0.268. The lowest BCUT2D eigenvalue weighted by Gasteiger charge is -2.36. The Bertz CT molecular complexity index is 1010. The molecule has 1 aromatic carbocycles. The molecule has 3 rings (SSSR count). The zero-order valence-corrected chi connectivity index (χ0v) is 16.0. The van der Waals surface area contributed by atoms with Crippen molar-refractivity contribution < 1.29 is 13.2 Å². The number of nitrogens with zero attached hydrogens (tertiary/aromatic N) is 4. The number of hydrogen-bond acceptors (Lipinski definition) is 5. The summed E-state index contributed by atoms with van der Waals surface area (Å²) in [6, 6.07) is 6.96. The summed E-state index contributed by atoms with van der Waals surface area (Å²) in [5, 5.41) is 15.7. The maximum atomic E-state index is 12.8. The maximum absolute atomic E-state index is 12.8. The molecule has 0 spiro atoms. The van der Waals surface area contributed by atoms with Crippen molar-refractivity contribution in [1.82, 2.24) is 18.8 Å². The van der Waals surface area contributed by atoms with Gasteiger partial charge in [-0.25, -0.2) is 0 Å². The van der Waals surface area contributed by atoms with E-state index in [-0.39, 0.29) is 6.42 Å². The number of aromatic nitrogens is 2. The molecule has 1 aliphatic rings. The van der Waals surface area contributed by atoms with E-state index in [1.165, 1.54) is 7.05 Å². The van der Waals surface area contributed by atoms with Crippen LogP contribution in [-0.2, 0) is 22.1 Å². The molecule has 142 valence electrons. The number of hydrogen-bond donors (Lipinski definition) is 2. The van der Waals surface area contributed by atoms with Crippen LogP contribution in [0.1, 0.15) is 29.3 Å². The molecule has 1 saturated heterocycles. The van der Waals surface area contributed by atoms with Gasteiger partial charge in [-0.05, 0) is 37.6 Å². The summed E-state index contributed by atoms with van der Waals surface area (Å²) in [4.78, 5) is 12.8. The number of rotatable bonds is 3. The lowest BCUT2D eigenvalue weighted by Crippen LogP contribution is -2.56. The standard InChI is InChI=1S/C17H20N6O3S/c1-11-14(10-19-22(11)2)15-8-16(23(3)27(25,26)21-15)17(24)20-13-6-4-12(9-18)5-7-13/h4-7,10,15-16,21H,8H2,1-3H3,(H,20,24). The fourth-order valence-corrected chi connectivity index (χ4v) is 4.29. The van der Waals surface area contributed by atoms with Gasteiger partial charge in [-0.2, -0.15) is 27.8 Å². The van der Waals surface area contributed by atoms with Gasteiger partial charge < -0.3 is 5.32 Å². The molecule has 0 bridgehead atoms. The number of nitriles is 1. The van der Waals surface area contributed by atoms with Crippen LogP contribution in [0.4, 0.5) is 5.69 Å². The van der Waals surface area contributed by atoms with E-state index in [0.29, 0.717) is 11.3 Å². The maximum Gasteiger partial charge on any atom is 0.280 e. The summed E-state index contributed by atoms with van der Waals surface area (Å²) in [7, 11) is -0.673. The summed E-state index contributed by atoms with van der Waals surface area (Å²) in [5.74, 6) is -0.432. The molecule has 2 heterocycles. The van der Waals surface area contributed by atoms with E-state index < -0.39 is 28.2 Å². The van der Waals surface area contributed by atoms with Crippen LogP contribution in [0, 0.1) is 18.3 Å². The van der Waals surface area contributed by atoms with Gasteiger partial charge >= 0.3 is 0 Å². The third-order valence-corrected chi connectivity index (χ3v) is 6.40. The van der Waals surface area contributed by atoms with E-state index in [1.807, 2.05) is 13.0 Å². The molecule has 2 unspecified atom stereocenters. The Balaban J connectivity index is 1.84. The van der Waals surface area contributed by atoms with E-state index in [1.54, 1.807) is 42.2 Å². The van der Waals surface area contributed by atoms with Crippen LogP contribution in [0.5, 0.6) is 0 Å². The molecule has 2 atom stereocenters. The molecule has 27 heavy (non-hydrogen) atoms. The first-order valence-electron chi connectivity index (χ1n) is 8.27. The van der Waals surface area contributed by atoms with Crippen LogP contribution in [0.2, 0.25) is 0 Å². The number of nitrogens with one attached hydrogen (secondary N) is 2. The summed E-state index contributed by atoms with van der Waals surface area (Å²) in [6.07, 6.45) is 1.88. The quantitative estimate of drug-likeness (QED) is 0.806. The lowest BCUT2D eigenvalue weighted by atomic mass is 10.00. The van der Waals surface area contributed by atoms with E-state index in [4.69, 9.17) is 5.26 Å². The highest BCUT2D eigenvalue weighted by Crippen LogP contribution is 2.29. The Kier molecular flexibility index (Phi) is 5.01. The SMILES string of the molecule is Cc1c(C2CC(C(=O)Nc3ccc(C#N)cc3)N(C)S(=O)(=O)N2)cnn1C. The van der Waals surface area contributed by atoms with Gasteiger partial charge in [-0.3, -0.25) is 9.48 Å². The van der Waals surface area contributed by atoms with Crippen LogP contribution >= 0.6 is 0 Å². The van der Waals surface area contributed by atoms with Gasteiger partial charge in [0.1, 0.15) is 6.04 Å². The van der Waals surface area contributed by atoms with Gasteiger partial charge in [0, 0.05) is 31.0 Å². The largest absolute Gasteiger partial charge is 0.325 e. The van der Waals surface area contributed by atoms with Crippen LogP contribution < -0.4 is 10.0 Å². The van der Waals surface area contributed by atoms with Crippen LogP contribution in [0.25, 0.3) is 0 Å². The Morgan fingerprint density at radius 3 is 2.56 bits per heavy atom. The fraction of sp³-hybridized carbons (Fsp3) is 0.353.